The molecule has 25 heavy (non-hydrogen) atoms. The Bertz CT molecular complexity index is 738. The van der Waals surface area contributed by atoms with Crippen molar-refractivity contribution in [1.82, 2.24) is 9.88 Å². The van der Waals surface area contributed by atoms with Crippen molar-refractivity contribution >= 4 is 22.0 Å². The number of pyridine rings is 1. The Balaban J connectivity index is 1.37. The Morgan fingerprint density at radius 1 is 1.20 bits per heavy atom. The lowest BCUT2D eigenvalue weighted by atomic mass is 10.1. The fourth-order valence-electron chi connectivity index (χ4n) is 3.71. The zero-order chi connectivity index (χ0) is 17.2. The normalized spacial score (nSPS) is 24.4. The van der Waals surface area contributed by atoms with Crippen LogP contribution in [0.5, 0.6) is 5.75 Å². The fraction of sp³-hybridized carbons (Fsp3) is 0.368. The number of carbonyl (C=O) groups excluding carboxylic acids is 1. The van der Waals surface area contributed by atoms with Gasteiger partial charge in [-0.25, -0.2) is 9.78 Å². The molecule has 1 saturated heterocycles. The van der Waals surface area contributed by atoms with Crippen molar-refractivity contribution in [3.8, 4) is 5.75 Å². The molecule has 1 aliphatic carbocycles. The molecule has 1 aromatic heterocycles. The van der Waals surface area contributed by atoms with Crippen LogP contribution >= 0.6 is 15.9 Å². The molecular weight excluding hydrogens is 384 g/mol. The lowest BCUT2D eigenvalue weighted by Crippen LogP contribution is -2.47. The smallest absolute Gasteiger partial charge is 0.410 e. The Kier molecular flexibility index (Phi) is 4.61. The number of hydrogen-bond acceptors (Lipinski definition) is 4. The summed E-state index contributed by atoms with van der Waals surface area (Å²) in [4.78, 5) is 18.5. The van der Waals surface area contributed by atoms with Crippen LogP contribution in [-0.4, -0.2) is 34.7 Å². The SMILES string of the molecule is O=C(OCc1ccccc1)N1CC2CC(Oc3ccc(Br)nc3)C1C2. The second-order valence-corrected chi connectivity index (χ2v) is 7.38. The molecule has 1 aromatic carbocycles. The summed E-state index contributed by atoms with van der Waals surface area (Å²) in [5.74, 6) is 1.22. The zero-order valence-electron chi connectivity index (χ0n) is 13.7. The summed E-state index contributed by atoms with van der Waals surface area (Å²) >= 11 is 3.32. The third-order valence-electron chi connectivity index (χ3n) is 4.85. The molecule has 1 saturated carbocycles. The van der Waals surface area contributed by atoms with Gasteiger partial charge in [-0.15, -0.1) is 0 Å². The van der Waals surface area contributed by atoms with Gasteiger partial charge in [0.2, 0.25) is 0 Å². The molecule has 2 heterocycles. The van der Waals surface area contributed by atoms with Crippen LogP contribution in [0.4, 0.5) is 4.79 Å². The molecule has 2 aliphatic rings. The lowest BCUT2D eigenvalue weighted by Gasteiger charge is -2.32. The van der Waals surface area contributed by atoms with E-state index in [4.69, 9.17) is 9.47 Å². The van der Waals surface area contributed by atoms with Gasteiger partial charge >= 0.3 is 6.09 Å². The Hall–Kier alpha value is -2.08. The number of benzene rings is 1. The first-order valence-electron chi connectivity index (χ1n) is 8.44. The van der Waals surface area contributed by atoms with E-state index >= 15 is 0 Å². The van der Waals surface area contributed by atoms with E-state index in [9.17, 15) is 4.79 Å². The Morgan fingerprint density at radius 2 is 2.04 bits per heavy atom. The minimum atomic E-state index is -0.251. The number of aromatic nitrogens is 1. The summed E-state index contributed by atoms with van der Waals surface area (Å²) in [7, 11) is 0. The molecule has 130 valence electrons. The van der Waals surface area contributed by atoms with E-state index in [0.29, 0.717) is 12.5 Å². The predicted molar refractivity (Wildman–Crippen MR) is 96.2 cm³/mol. The molecule has 0 spiro atoms. The average Bonchev–Trinajstić information content (AvgIpc) is 3.23. The number of rotatable bonds is 4. The maximum atomic E-state index is 12.5. The quantitative estimate of drug-likeness (QED) is 0.724. The summed E-state index contributed by atoms with van der Waals surface area (Å²) in [5, 5.41) is 0. The van der Waals surface area contributed by atoms with E-state index in [-0.39, 0.29) is 18.2 Å². The summed E-state index contributed by atoms with van der Waals surface area (Å²) in [5.41, 5.74) is 0.994. The highest BCUT2D eigenvalue weighted by Gasteiger charge is 2.48. The van der Waals surface area contributed by atoms with Crippen molar-refractivity contribution < 1.29 is 14.3 Å². The molecule has 1 aliphatic heterocycles. The van der Waals surface area contributed by atoms with E-state index < -0.39 is 0 Å². The minimum absolute atomic E-state index is 0.00556. The molecule has 2 fully saturated rings. The molecule has 3 atom stereocenters. The second-order valence-electron chi connectivity index (χ2n) is 6.57. The highest BCUT2D eigenvalue weighted by Crippen LogP contribution is 2.40. The van der Waals surface area contributed by atoms with Gasteiger partial charge in [0.15, 0.2) is 0 Å². The molecule has 0 radical (unpaired) electrons. The predicted octanol–water partition coefficient (Wildman–Crippen LogP) is 4.02. The maximum Gasteiger partial charge on any atom is 0.410 e. The van der Waals surface area contributed by atoms with Crippen LogP contribution < -0.4 is 4.74 Å². The molecule has 2 bridgehead atoms. The van der Waals surface area contributed by atoms with E-state index in [1.54, 1.807) is 6.20 Å². The molecule has 3 unspecified atom stereocenters. The van der Waals surface area contributed by atoms with Gasteiger partial charge in [-0.3, -0.25) is 0 Å². The third-order valence-corrected chi connectivity index (χ3v) is 5.32. The highest BCUT2D eigenvalue weighted by molar-refractivity contribution is 9.10. The van der Waals surface area contributed by atoms with Crippen molar-refractivity contribution in [1.29, 1.82) is 0 Å². The Labute approximate surface area is 155 Å². The molecule has 4 rings (SSSR count). The van der Waals surface area contributed by atoms with Crippen LogP contribution in [0.3, 0.4) is 0 Å². The van der Waals surface area contributed by atoms with Crippen LogP contribution in [0.1, 0.15) is 18.4 Å². The number of likely N-dealkylation sites (tertiary alicyclic amines) is 1. The summed E-state index contributed by atoms with van der Waals surface area (Å²) < 4.78 is 12.3. The van der Waals surface area contributed by atoms with Gasteiger partial charge in [0.1, 0.15) is 23.1 Å². The first-order valence-corrected chi connectivity index (χ1v) is 9.24. The number of fused-ring (bicyclic) bond motifs is 2. The number of hydrogen-bond donors (Lipinski definition) is 0. The van der Waals surface area contributed by atoms with Crippen molar-refractivity contribution in [2.24, 2.45) is 5.92 Å². The van der Waals surface area contributed by atoms with E-state index in [0.717, 1.165) is 35.3 Å². The van der Waals surface area contributed by atoms with Crippen molar-refractivity contribution in [2.45, 2.75) is 31.6 Å². The van der Waals surface area contributed by atoms with Gasteiger partial charge in [-0.1, -0.05) is 30.3 Å². The Morgan fingerprint density at radius 3 is 2.76 bits per heavy atom. The summed E-state index contributed by atoms with van der Waals surface area (Å²) in [6.45, 7) is 1.06. The number of piperidine rings is 1. The second kappa shape index (κ2) is 7.04. The van der Waals surface area contributed by atoms with Gasteiger partial charge in [0.05, 0.1) is 12.2 Å². The number of ether oxygens (including phenoxy) is 2. The minimum Gasteiger partial charge on any atom is -0.487 e. The van der Waals surface area contributed by atoms with E-state index in [1.165, 1.54) is 0 Å². The first-order chi connectivity index (χ1) is 12.2. The average molecular weight is 403 g/mol. The van der Waals surface area contributed by atoms with Crippen molar-refractivity contribution in [3.63, 3.8) is 0 Å². The van der Waals surface area contributed by atoms with Gasteiger partial charge in [-0.05, 0) is 52.4 Å². The summed E-state index contributed by atoms with van der Waals surface area (Å²) in [6.07, 6.45) is 3.41. The largest absolute Gasteiger partial charge is 0.487 e. The van der Waals surface area contributed by atoms with Gasteiger partial charge in [0, 0.05) is 6.54 Å². The molecule has 2 aromatic rings. The van der Waals surface area contributed by atoms with Crippen LogP contribution in [0, 0.1) is 5.92 Å². The molecular formula is C19H19BrN2O3. The molecule has 0 N–H and O–H groups in total. The van der Waals surface area contributed by atoms with Crippen molar-refractivity contribution in [3.05, 3.63) is 58.8 Å². The number of halogens is 1. The van der Waals surface area contributed by atoms with Crippen LogP contribution in [-0.2, 0) is 11.3 Å². The topological polar surface area (TPSA) is 51.7 Å². The molecule has 6 heteroatoms. The van der Waals surface area contributed by atoms with Crippen LogP contribution in [0.2, 0.25) is 0 Å². The van der Waals surface area contributed by atoms with Gasteiger partial charge in [-0.2, -0.15) is 0 Å². The molecule has 1 amide bonds. The molecule has 5 nitrogen and oxygen atoms in total. The van der Waals surface area contributed by atoms with Crippen LogP contribution in [0.25, 0.3) is 0 Å². The standard InChI is InChI=1S/C19H19BrN2O3/c20-18-7-6-15(10-21-18)25-17-9-14-8-16(17)22(11-14)19(23)24-12-13-4-2-1-3-5-13/h1-7,10,14,16-17H,8-9,11-12H2. The van der Waals surface area contributed by atoms with E-state index in [2.05, 4.69) is 20.9 Å². The van der Waals surface area contributed by atoms with E-state index in [1.807, 2.05) is 47.4 Å². The third kappa shape index (κ3) is 3.63. The lowest BCUT2D eigenvalue weighted by molar-refractivity contribution is 0.0464. The first kappa shape index (κ1) is 16.4. The van der Waals surface area contributed by atoms with Gasteiger partial charge in [0.25, 0.3) is 0 Å². The summed E-state index contributed by atoms with van der Waals surface area (Å²) in [6, 6.07) is 13.6. The number of nitrogens with zero attached hydrogens (tertiary/aromatic N) is 2. The van der Waals surface area contributed by atoms with Crippen LogP contribution in [0.15, 0.2) is 53.3 Å². The monoisotopic (exact) mass is 402 g/mol. The number of amides is 1. The highest BCUT2D eigenvalue weighted by atomic mass is 79.9. The van der Waals surface area contributed by atoms with Gasteiger partial charge < -0.3 is 14.4 Å². The fourth-order valence-corrected chi connectivity index (χ4v) is 3.95. The van der Waals surface area contributed by atoms with Crippen molar-refractivity contribution in [2.75, 3.05) is 6.54 Å². The maximum absolute atomic E-state index is 12.5. The zero-order valence-corrected chi connectivity index (χ0v) is 15.3. The number of carbonyl (C=O) groups is 1.